The van der Waals surface area contributed by atoms with Gasteiger partial charge in [0, 0.05) is 0 Å². The quantitative estimate of drug-likeness (QED) is 0.902. The molecule has 1 unspecified atom stereocenters. The van der Waals surface area contributed by atoms with Crippen LogP contribution in [0.15, 0.2) is 40.6 Å². The van der Waals surface area contributed by atoms with Gasteiger partial charge in [-0.3, -0.25) is 0 Å². The van der Waals surface area contributed by atoms with Gasteiger partial charge in [-0.2, -0.15) is 13.2 Å². The number of nitrogens with zero attached hydrogens (tertiary/aromatic N) is 2. The van der Waals surface area contributed by atoms with Crippen LogP contribution in [0, 0.1) is 0 Å². The third-order valence-corrected chi connectivity index (χ3v) is 2.32. The highest BCUT2D eigenvalue weighted by Crippen LogP contribution is 2.47. The first-order valence-corrected chi connectivity index (χ1v) is 4.82. The molecule has 0 bridgehead atoms. The van der Waals surface area contributed by atoms with E-state index < -0.39 is 23.9 Å². The summed E-state index contributed by atoms with van der Waals surface area (Å²) in [4.78, 5) is 10.9. The highest BCUT2D eigenvalue weighted by Gasteiger charge is 2.72. The Kier molecular flexibility index (Phi) is 2.72. The fourth-order valence-electron chi connectivity index (χ4n) is 1.36. The molecule has 0 aromatic heterocycles. The van der Waals surface area contributed by atoms with Gasteiger partial charge < -0.3 is 9.84 Å². The number of alkyl halides is 3. The van der Waals surface area contributed by atoms with Crippen molar-refractivity contribution in [3.05, 3.63) is 30.3 Å². The van der Waals surface area contributed by atoms with Gasteiger partial charge in [0.1, 0.15) is 5.75 Å². The molecule has 0 aliphatic carbocycles. The van der Waals surface area contributed by atoms with Crippen LogP contribution in [0.25, 0.3) is 0 Å². The molecule has 1 aromatic carbocycles. The zero-order valence-electron chi connectivity index (χ0n) is 8.76. The van der Waals surface area contributed by atoms with Crippen molar-refractivity contribution in [3.63, 3.8) is 0 Å². The number of aliphatic carboxylic acids is 1. The van der Waals surface area contributed by atoms with Gasteiger partial charge >= 0.3 is 17.8 Å². The maximum absolute atomic E-state index is 12.7. The first-order valence-electron chi connectivity index (χ1n) is 4.82. The van der Waals surface area contributed by atoms with Crippen LogP contribution in [0.3, 0.4) is 0 Å². The zero-order valence-corrected chi connectivity index (χ0v) is 8.76. The zero-order chi connectivity index (χ0) is 13.4. The van der Waals surface area contributed by atoms with Crippen molar-refractivity contribution in [1.29, 1.82) is 0 Å². The number of benzene rings is 1. The predicted octanol–water partition coefficient (Wildman–Crippen LogP) is 2.24. The molecule has 1 aliphatic rings. The van der Waals surface area contributed by atoms with Crippen LogP contribution in [0.4, 0.5) is 13.2 Å². The van der Waals surface area contributed by atoms with Crippen LogP contribution in [0.5, 0.6) is 5.75 Å². The van der Waals surface area contributed by atoms with E-state index in [1.807, 2.05) is 0 Å². The van der Waals surface area contributed by atoms with Crippen LogP contribution < -0.4 is 4.74 Å². The van der Waals surface area contributed by atoms with E-state index in [1.54, 1.807) is 6.07 Å². The Hall–Kier alpha value is -2.12. The minimum absolute atomic E-state index is 0.00539. The van der Waals surface area contributed by atoms with Gasteiger partial charge in [0.25, 0.3) is 6.10 Å². The summed E-state index contributed by atoms with van der Waals surface area (Å²) in [6, 6.07) is 7.34. The number of hydrogen-bond donors (Lipinski definition) is 1. The number of para-hydroxylation sites is 1. The molecule has 0 radical (unpaired) electrons. The van der Waals surface area contributed by atoms with Crippen LogP contribution in [-0.4, -0.2) is 29.0 Å². The smallest absolute Gasteiger partial charge is 0.442 e. The van der Waals surface area contributed by atoms with E-state index >= 15 is 0 Å². The Morgan fingerprint density at radius 2 is 1.83 bits per heavy atom. The highest BCUT2D eigenvalue weighted by atomic mass is 19.4. The summed E-state index contributed by atoms with van der Waals surface area (Å²) in [5.74, 6) is -1.77. The van der Waals surface area contributed by atoms with E-state index in [0.717, 1.165) is 0 Å². The van der Waals surface area contributed by atoms with Crippen molar-refractivity contribution in [1.82, 2.24) is 0 Å². The normalized spacial score (nSPS) is 18.2. The molecular weight excluding hydrogens is 253 g/mol. The summed E-state index contributed by atoms with van der Waals surface area (Å²) < 4.78 is 42.9. The molecular formula is C10H7F3N2O3. The van der Waals surface area contributed by atoms with Crippen LogP contribution in [0.2, 0.25) is 0 Å². The summed E-state index contributed by atoms with van der Waals surface area (Å²) in [6.45, 7) is 0. The van der Waals surface area contributed by atoms with Crippen LogP contribution >= 0.6 is 0 Å². The van der Waals surface area contributed by atoms with E-state index in [4.69, 9.17) is 9.84 Å². The second-order valence-electron chi connectivity index (χ2n) is 3.57. The monoisotopic (exact) mass is 260 g/mol. The van der Waals surface area contributed by atoms with E-state index in [1.165, 1.54) is 24.3 Å². The summed E-state index contributed by atoms with van der Waals surface area (Å²) >= 11 is 0. The topological polar surface area (TPSA) is 71.2 Å². The molecule has 1 aromatic rings. The van der Waals surface area contributed by atoms with E-state index in [2.05, 4.69) is 10.2 Å². The molecule has 0 saturated carbocycles. The first kappa shape index (κ1) is 12.3. The SMILES string of the molecule is O=C(O)C(Oc1ccccc1)C1(C(F)(F)F)N=N1. The van der Waals surface area contributed by atoms with E-state index in [0.29, 0.717) is 0 Å². The molecule has 5 nitrogen and oxygen atoms in total. The highest BCUT2D eigenvalue weighted by molar-refractivity contribution is 5.75. The maximum atomic E-state index is 12.7. The molecule has 1 N–H and O–H groups in total. The number of carbonyl (C=O) groups is 1. The van der Waals surface area contributed by atoms with Gasteiger partial charge in [-0.25, -0.2) is 4.79 Å². The Morgan fingerprint density at radius 1 is 1.28 bits per heavy atom. The van der Waals surface area contributed by atoms with Gasteiger partial charge in [-0.1, -0.05) is 18.2 Å². The minimum atomic E-state index is -4.90. The van der Waals surface area contributed by atoms with Gasteiger partial charge in [0.15, 0.2) is 0 Å². The molecule has 0 spiro atoms. The molecule has 0 fully saturated rings. The summed E-state index contributed by atoms with van der Waals surface area (Å²) in [6.07, 6.45) is -7.12. The van der Waals surface area contributed by atoms with Gasteiger partial charge in [-0.15, -0.1) is 10.2 Å². The lowest BCUT2D eigenvalue weighted by atomic mass is 10.1. The summed E-state index contributed by atoms with van der Waals surface area (Å²) in [5.41, 5.74) is -2.99. The molecule has 96 valence electrons. The minimum Gasteiger partial charge on any atom is -0.478 e. The number of carboxylic acid groups (broad SMARTS) is 1. The molecule has 1 atom stereocenters. The molecule has 1 aliphatic heterocycles. The Bertz CT molecular complexity index is 481. The maximum Gasteiger partial charge on any atom is 0.442 e. The fourth-order valence-corrected chi connectivity index (χ4v) is 1.36. The lowest BCUT2D eigenvalue weighted by molar-refractivity contribution is -0.193. The van der Waals surface area contributed by atoms with Crippen molar-refractivity contribution in [3.8, 4) is 5.75 Å². The average Bonchev–Trinajstić information content (AvgIpc) is 3.07. The van der Waals surface area contributed by atoms with E-state index in [9.17, 15) is 18.0 Å². The van der Waals surface area contributed by atoms with E-state index in [-0.39, 0.29) is 5.75 Å². The second kappa shape index (κ2) is 3.97. The Labute approximate surface area is 98.9 Å². The first-order chi connectivity index (χ1) is 8.37. The van der Waals surface area contributed by atoms with Gasteiger partial charge in [0.05, 0.1) is 0 Å². The van der Waals surface area contributed by atoms with Crippen molar-refractivity contribution in [2.45, 2.75) is 17.9 Å². The predicted molar refractivity (Wildman–Crippen MR) is 52.1 cm³/mol. The van der Waals surface area contributed by atoms with Crippen LogP contribution in [-0.2, 0) is 4.79 Å². The Balaban J connectivity index is 2.23. The molecule has 2 rings (SSSR count). The Morgan fingerprint density at radius 3 is 2.22 bits per heavy atom. The molecule has 8 heteroatoms. The lowest BCUT2D eigenvalue weighted by Crippen LogP contribution is -2.51. The standard InChI is InChI=1S/C10H7F3N2O3/c11-10(12,13)9(14-15-9)7(8(16)17)18-6-4-2-1-3-5-6/h1-5,7H,(H,16,17). The summed E-state index contributed by atoms with van der Waals surface area (Å²) in [5, 5.41) is 14.5. The number of hydrogen-bond acceptors (Lipinski definition) is 4. The third kappa shape index (κ3) is 2.01. The fraction of sp³-hybridized carbons (Fsp3) is 0.300. The average molecular weight is 260 g/mol. The largest absolute Gasteiger partial charge is 0.478 e. The van der Waals surface area contributed by atoms with Crippen molar-refractivity contribution in [2.75, 3.05) is 0 Å². The van der Waals surface area contributed by atoms with Crippen molar-refractivity contribution >= 4 is 5.97 Å². The number of rotatable bonds is 4. The second-order valence-corrected chi connectivity index (χ2v) is 3.57. The van der Waals surface area contributed by atoms with Crippen LogP contribution in [0.1, 0.15) is 0 Å². The molecule has 1 heterocycles. The molecule has 18 heavy (non-hydrogen) atoms. The van der Waals surface area contributed by atoms with Gasteiger partial charge in [0.2, 0.25) is 0 Å². The van der Waals surface area contributed by atoms with Crippen molar-refractivity contribution in [2.24, 2.45) is 10.2 Å². The molecule has 0 saturated heterocycles. The number of ether oxygens (including phenoxy) is 1. The van der Waals surface area contributed by atoms with Crippen molar-refractivity contribution < 1.29 is 27.8 Å². The van der Waals surface area contributed by atoms with Gasteiger partial charge in [-0.05, 0) is 12.1 Å². The number of halogens is 3. The number of carboxylic acids is 1. The lowest BCUT2D eigenvalue weighted by Gasteiger charge is -2.22. The summed E-state index contributed by atoms with van der Waals surface area (Å²) in [7, 11) is 0. The third-order valence-electron chi connectivity index (χ3n) is 2.32. The molecule has 0 amide bonds.